The second-order valence-corrected chi connectivity index (χ2v) is 3.56. The molecule has 0 aromatic heterocycles. The van der Waals surface area contributed by atoms with Crippen molar-refractivity contribution < 1.29 is 0 Å². The van der Waals surface area contributed by atoms with Gasteiger partial charge in [-0.2, -0.15) is 0 Å². The number of piperidine rings is 3. The normalized spacial score (nSPS) is 41.2. The van der Waals surface area contributed by atoms with Crippen LogP contribution in [0.3, 0.4) is 0 Å². The first kappa shape index (κ1) is 9.05. The highest BCUT2D eigenvalue weighted by atomic mass is 15.2. The molecule has 2 bridgehead atoms. The van der Waals surface area contributed by atoms with E-state index in [4.69, 9.17) is 0 Å². The molecule has 3 fully saturated rings. The molecule has 3 saturated heterocycles. The second kappa shape index (κ2) is 4.10. The van der Waals surface area contributed by atoms with Crippen molar-refractivity contribution in [2.45, 2.75) is 46.1 Å². The van der Waals surface area contributed by atoms with Gasteiger partial charge in [0.05, 0.1) is 0 Å². The minimum atomic E-state index is 0.900. The van der Waals surface area contributed by atoms with Gasteiger partial charge in [0.15, 0.2) is 0 Å². The Bertz CT molecular complexity index is 103. The minimum absolute atomic E-state index is 0.900. The zero-order chi connectivity index (χ0) is 8.27. The van der Waals surface area contributed by atoms with Gasteiger partial charge in [0.25, 0.3) is 0 Å². The third-order valence-electron chi connectivity index (χ3n) is 2.95. The number of rotatable bonds is 0. The Balaban J connectivity index is 0.000000281. The van der Waals surface area contributed by atoms with E-state index in [-0.39, 0.29) is 0 Å². The molecule has 1 heteroatoms. The summed E-state index contributed by atoms with van der Waals surface area (Å²) in [5.41, 5.74) is 0. The van der Waals surface area contributed by atoms with E-state index in [1.807, 2.05) is 13.8 Å². The fourth-order valence-corrected chi connectivity index (χ4v) is 2.26. The van der Waals surface area contributed by atoms with Gasteiger partial charge in [-0.15, -0.1) is 0 Å². The lowest BCUT2D eigenvalue weighted by Gasteiger charge is -2.43. The zero-order valence-corrected chi connectivity index (χ0v) is 8.14. The predicted molar refractivity (Wildman–Crippen MR) is 49.7 cm³/mol. The van der Waals surface area contributed by atoms with Crippen LogP contribution >= 0.6 is 0 Å². The molecule has 3 aliphatic heterocycles. The van der Waals surface area contributed by atoms with E-state index in [9.17, 15) is 0 Å². The topological polar surface area (TPSA) is 3.24 Å². The summed E-state index contributed by atoms with van der Waals surface area (Å²) < 4.78 is 0. The zero-order valence-electron chi connectivity index (χ0n) is 8.14. The summed E-state index contributed by atoms with van der Waals surface area (Å²) in [6, 6.07) is 0.900. The third kappa shape index (κ3) is 1.96. The summed E-state index contributed by atoms with van der Waals surface area (Å²) >= 11 is 0. The van der Waals surface area contributed by atoms with Gasteiger partial charge in [-0.25, -0.2) is 0 Å². The molecule has 11 heavy (non-hydrogen) atoms. The van der Waals surface area contributed by atoms with Crippen LogP contribution in [-0.4, -0.2) is 24.0 Å². The van der Waals surface area contributed by atoms with Gasteiger partial charge in [0.2, 0.25) is 0 Å². The number of hydrogen-bond acceptors (Lipinski definition) is 1. The van der Waals surface area contributed by atoms with Crippen LogP contribution in [0.25, 0.3) is 0 Å². The van der Waals surface area contributed by atoms with E-state index < -0.39 is 0 Å². The van der Waals surface area contributed by atoms with Gasteiger partial charge in [0.1, 0.15) is 0 Å². The lowest BCUT2D eigenvalue weighted by molar-refractivity contribution is 0.0594. The van der Waals surface area contributed by atoms with Crippen molar-refractivity contribution in [2.24, 2.45) is 5.92 Å². The van der Waals surface area contributed by atoms with Crippen molar-refractivity contribution >= 4 is 0 Å². The molecule has 0 saturated carbocycles. The molecular weight excluding hydrogens is 134 g/mol. The number of nitrogens with zero attached hydrogens (tertiary/aromatic N) is 1. The average molecular weight is 155 g/mol. The molecule has 1 unspecified atom stereocenters. The van der Waals surface area contributed by atoms with Gasteiger partial charge < -0.3 is 4.90 Å². The second-order valence-electron chi connectivity index (χ2n) is 3.56. The lowest BCUT2D eigenvalue weighted by Crippen LogP contribution is -2.46. The summed E-state index contributed by atoms with van der Waals surface area (Å²) in [6.45, 7) is 9.13. The van der Waals surface area contributed by atoms with Gasteiger partial charge in [-0.05, 0) is 45.2 Å². The van der Waals surface area contributed by atoms with E-state index in [1.54, 1.807) is 0 Å². The van der Waals surface area contributed by atoms with Crippen molar-refractivity contribution in [1.29, 1.82) is 0 Å². The molecule has 3 heterocycles. The first-order valence-electron chi connectivity index (χ1n) is 5.10. The summed E-state index contributed by atoms with van der Waals surface area (Å²) in [7, 11) is 0. The fraction of sp³-hybridized carbons (Fsp3) is 1.00. The smallest absolute Gasteiger partial charge is 0.00695 e. The summed E-state index contributed by atoms with van der Waals surface area (Å²) in [5.74, 6) is 1.09. The largest absolute Gasteiger partial charge is 0.301 e. The maximum absolute atomic E-state index is 2.62. The third-order valence-corrected chi connectivity index (χ3v) is 2.95. The highest BCUT2D eigenvalue weighted by Gasteiger charge is 2.30. The maximum Gasteiger partial charge on any atom is 0.00695 e. The van der Waals surface area contributed by atoms with Crippen LogP contribution in [0.5, 0.6) is 0 Å². The van der Waals surface area contributed by atoms with Crippen LogP contribution in [0.2, 0.25) is 0 Å². The van der Waals surface area contributed by atoms with E-state index in [0.29, 0.717) is 0 Å². The Morgan fingerprint density at radius 2 is 1.64 bits per heavy atom. The van der Waals surface area contributed by atoms with Crippen molar-refractivity contribution in [3.63, 3.8) is 0 Å². The van der Waals surface area contributed by atoms with Crippen molar-refractivity contribution in [3.8, 4) is 0 Å². The Kier molecular flexibility index (Phi) is 3.38. The quantitative estimate of drug-likeness (QED) is 0.519. The Labute approximate surface area is 70.8 Å². The maximum atomic E-state index is 2.62. The fourth-order valence-electron chi connectivity index (χ4n) is 2.26. The molecule has 0 amide bonds. The molecule has 1 atom stereocenters. The molecule has 0 aromatic carbocycles. The highest BCUT2D eigenvalue weighted by molar-refractivity contribution is 4.84. The van der Waals surface area contributed by atoms with Crippen LogP contribution in [-0.2, 0) is 0 Å². The molecule has 0 radical (unpaired) electrons. The summed E-state index contributed by atoms with van der Waals surface area (Å²) in [4.78, 5) is 2.62. The van der Waals surface area contributed by atoms with Crippen LogP contribution in [0.1, 0.15) is 40.0 Å². The van der Waals surface area contributed by atoms with Crippen molar-refractivity contribution in [2.75, 3.05) is 13.1 Å². The van der Waals surface area contributed by atoms with Crippen LogP contribution in [0.15, 0.2) is 0 Å². The van der Waals surface area contributed by atoms with Crippen molar-refractivity contribution in [1.82, 2.24) is 4.90 Å². The molecule has 1 nitrogen and oxygen atoms in total. The first-order chi connectivity index (χ1) is 5.36. The van der Waals surface area contributed by atoms with E-state index in [0.717, 1.165) is 12.0 Å². The lowest BCUT2D eigenvalue weighted by atomic mass is 9.84. The summed E-state index contributed by atoms with van der Waals surface area (Å²) in [6.07, 6.45) is 4.43. The molecule has 0 aliphatic carbocycles. The Morgan fingerprint density at radius 3 is 1.82 bits per heavy atom. The minimum Gasteiger partial charge on any atom is -0.301 e. The SMILES string of the molecule is CC.CC1CC2CCN1CC2. The summed E-state index contributed by atoms with van der Waals surface area (Å²) in [5, 5.41) is 0. The van der Waals surface area contributed by atoms with Gasteiger partial charge in [-0.3, -0.25) is 0 Å². The molecular formula is C10H21N. The Morgan fingerprint density at radius 1 is 1.09 bits per heavy atom. The first-order valence-corrected chi connectivity index (χ1v) is 5.10. The van der Waals surface area contributed by atoms with E-state index in [2.05, 4.69) is 11.8 Å². The molecule has 0 N–H and O–H groups in total. The molecule has 0 spiro atoms. The van der Waals surface area contributed by atoms with Crippen LogP contribution < -0.4 is 0 Å². The molecule has 3 rings (SSSR count). The molecule has 3 aliphatic rings. The van der Waals surface area contributed by atoms with Crippen LogP contribution in [0, 0.1) is 5.92 Å². The molecule has 0 aromatic rings. The van der Waals surface area contributed by atoms with Gasteiger partial charge >= 0.3 is 0 Å². The average Bonchev–Trinajstić information content (AvgIpc) is 2.10. The van der Waals surface area contributed by atoms with Gasteiger partial charge in [-0.1, -0.05) is 13.8 Å². The Hall–Kier alpha value is -0.0400. The number of fused-ring (bicyclic) bond motifs is 3. The molecule has 66 valence electrons. The van der Waals surface area contributed by atoms with Crippen molar-refractivity contribution in [3.05, 3.63) is 0 Å². The van der Waals surface area contributed by atoms with Crippen LogP contribution in [0.4, 0.5) is 0 Å². The monoisotopic (exact) mass is 155 g/mol. The van der Waals surface area contributed by atoms with E-state index in [1.165, 1.54) is 32.4 Å². The highest BCUT2D eigenvalue weighted by Crippen LogP contribution is 2.30. The number of hydrogen-bond donors (Lipinski definition) is 0. The standard InChI is InChI=1S/C8H15N.C2H6/c1-7-6-8-2-4-9(7)5-3-8;1-2/h7-8H,2-6H2,1H3;1-2H3. The van der Waals surface area contributed by atoms with E-state index >= 15 is 0 Å². The van der Waals surface area contributed by atoms with Gasteiger partial charge in [0, 0.05) is 6.04 Å². The predicted octanol–water partition coefficient (Wildman–Crippen LogP) is 2.52.